The molecular weight excluding hydrogens is 274 g/mol. The summed E-state index contributed by atoms with van der Waals surface area (Å²) >= 11 is 0. The second kappa shape index (κ2) is 6.18. The standard InChI is InChI=1S/C18H23N3O/c1-18(2,3)13-8-6-9-14(12-13)20-17(22)15-10-7-11-19-16(15)21(4)5/h6-12H,1-5H3,(H,20,22). The molecule has 1 heterocycles. The zero-order valence-corrected chi connectivity index (χ0v) is 13.8. The van der Waals surface area contributed by atoms with Crippen LogP contribution in [0.2, 0.25) is 0 Å². The number of hydrogen-bond donors (Lipinski definition) is 1. The van der Waals surface area contributed by atoms with Gasteiger partial charge in [-0.2, -0.15) is 0 Å². The van der Waals surface area contributed by atoms with Gasteiger partial charge in [-0.1, -0.05) is 32.9 Å². The van der Waals surface area contributed by atoms with Crippen LogP contribution in [0.3, 0.4) is 0 Å². The van der Waals surface area contributed by atoms with Crippen molar-refractivity contribution in [3.8, 4) is 0 Å². The smallest absolute Gasteiger partial charge is 0.259 e. The molecule has 1 N–H and O–H groups in total. The molecule has 0 aliphatic carbocycles. The summed E-state index contributed by atoms with van der Waals surface area (Å²) < 4.78 is 0. The maximum atomic E-state index is 12.5. The Bertz CT molecular complexity index is 672. The van der Waals surface area contributed by atoms with E-state index in [0.29, 0.717) is 11.4 Å². The van der Waals surface area contributed by atoms with E-state index in [2.05, 4.69) is 37.1 Å². The van der Waals surface area contributed by atoms with Gasteiger partial charge in [0.2, 0.25) is 0 Å². The highest BCUT2D eigenvalue weighted by molar-refractivity contribution is 6.07. The number of pyridine rings is 1. The third-order valence-electron chi connectivity index (χ3n) is 3.44. The molecule has 2 rings (SSSR count). The molecule has 0 spiro atoms. The monoisotopic (exact) mass is 297 g/mol. The van der Waals surface area contributed by atoms with Crippen molar-refractivity contribution in [3.05, 3.63) is 53.7 Å². The average molecular weight is 297 g/mol. The molecule has 0 radical (unpaired) electrons. The van der Waals surface area contributed by atoms with Gasteiger partial charge in [0.25, 0.3) is 5.91 Å². The number of nitrogens with one attached hydrogen (secondary N) is 1. The van der Waals surface area contributed by atoms with Crippen LogP contribution in [0.1, 0.15) is 36.7 Å². The molecule has 2 aromatic rings. The molecule has 0 unspecified atom stereocenters. The number of rotatable bonds is 3. The number of aromatic nitrogens is 1. The van der Waals surface area contributed by atoms with Crippen LogP contribution in [-0.4, -0.2) is 25.0 Å². The van der Waals surface area contributed by atoms with Gasteiger partial charge in [0, 0.05) is 26.0 Å². The molecule has 0 aliphatic heterocycles. The Kier molecular flexibility index (Phi) is 4.50. The first kappa shape index (κ1) is 16.0. The number of hydrogen-bond acceptors (Lipinski definition) is 3. The normalized spacial score (nSPS) is 11.1. The largest absolute Gasteiger partial charge is 0.362 e. The molecule has 4 nitrogen and oxygen atoms in total. The van der Waals surface area contributed by atoms with E-state index in [1.54, 1.807) is 18.3 Å². The van der Waals surface area contributed by atoms with Gasteiger partial charge in [-0.15, -0.1) is 0 Å². The summed E-state index contributed by atoms with van der Waals surface area (Å²) in [6, 6.07) is 11.5. The van der Waals surface area contributed by atoms with Gasteiger partial charge in [-0.05, 0) is 35.2 Å². The van der Waals surface area contributed by atoms with E-state index in [9.17, 15) is 4.79 Å². The minimum atomic E-state index is -0.150. The van der Waals surface area contributed by atoms with Gasteiger partial charge in [-0.25, -0.2) is 4.98 Å². The van der Waals surface area contributed by atoms with E-state index in [4.69, 9.17) is 0 Å². The zero-order valence-electron chi connectivity index (χ0n) is 13.8. The Morgan fingerprint density at radius 1 is 1.14 bits per heavy atom. The molecule has 4 heteroatoms. The predicted molar refractivity (Wildman–Crippen MR) is 91.7 cm³/mol. The van der Waals surface area contributed by atoms with Crippen molar-refractivity contribution < 1.29 is 4.79 Å². The summed E-state index contributed by atoms with van der Waals surface area (Å²) in [5.74, 6) is 0.509. The second-order valence-corrected chi connectivity index (χ2v) is 6.55. The summed E-state index contributed by atoms with van der Waals surface area (Å²) in [5.41, 5.74) is 2.59. The lowest BCUT2D eigenvalue weighted by Gasteiger charge is -2.20. The number of carbonyl (C=O) groups is 1. The van der Waals surface area contributed by atoms with E-state index in [-0.39, 0.29) is 11.3 Å². The van der Waals surface area contributed by atoms with Crippen LogP contribution < -0.4 is 10.2 Å². The van der Waals surface area contributed by atoms with Crippen LogP contribution in [0.4, 0.5) is 11.5 Å². The van der Waals surface area contributed by atoms with Gasteiger partial charge >= 0.3 is 0 Å². The first-order chi connectivity index (χ1) is 10.3. The fourth-order valence-electron chi connectivity index (χ4n) is 2.19. The highest BCUT2D eigenvalue weighted by Gasteiger charge is 2.16. The predicted octanol–water partition coefficient (Wildman–Crippen LogP) is 3.70. The summed E-state index contributed by atoms with van der Waals surface area (Å²) in [6.45, 7) is 6.46. The second-order valence-electron chi connectivity index (χ2n) is 6.55. The highest BCUT2D eigenvalue weighted by Crippen LogP contribution is 2.25. The Balaban J connectivity index is 2.27. The topological polar surface area (TPSA) is 45.2 Å². The minimum Gasteiger partial charge on any atom is -0.362 e. The maximum Gasteiger partial charge on any atom is 0.259 e. The molecule has 22 heavy (non-hydrogen) atoms. The lowest BCUT2D eigenvalue weighted by atomic mass is 9.87. The summed E-state index contributed by atoms with van der Waals surface area (Å²) in [4.78, 5) is 18.6. The molecule has 1 aromatic heterocycles. The molecule has 0 fully saturated rings. The van der Waals surface area contributed by atoms with Crippen LogP contribution >= 0.6 is 0 Å². The molecule has 116 valence electrons. The van der Waals surface area contributed by atoms with Crippen LogP contribution in [-0.2, 0) is 5.41 Å². The van der Waals surface area contributed by atoms with Gasteiger partial charge in [0.15, 0.2) is 0 Å². The molecule has 1 aromatic carbocycles. The van der Waals surface area contributed by atoms with E-state index >= 15 is 0 Å². The van der Waals surface area contributed by atoms with E-state index in [0.717, 1.165) is 5.69 Å². The van der Waals surface area contributed by atoms with Crippen molar-refractivity contribution in [2.45, 2.75) is 26.2 Å². The molecule has 0 bridgehead atoms. The van der Waals surface area contributed by atoms with Crippen LogP contribution in [0.5, 0.6) is 0 Å². The molecule has 0 saturated heterocycles. The quantitative estimate of drug-likeness (QED) is 0.939. The Labute approximate surface area is 132 Å². The first-order valence-corrected chi connectivity index (χ1v) is 7.33. The summed E-state index contributed by atoms with van der Waals surface area (Å²) in [6.07, 6.45) is 1.69. The Morgan fingerprint density at radius 2 is 1.86 bits per heavy atom. The number of benzene rings is 1. The lowest BCUT2D eigenvalue weighted by Crippen LogP contribution is -2.20. The van der Waals surface area contributed by atoms with Crippen molar-refractivity contribution in [1.82, 2.24) is 4.98 Å². The number of amides is 1. The van der Waals surface area contributed by atoms with E-state index in [1.165, 1.54) is 5.56 Å². The fourth-order valence-corrected chi connectivity index (χ4v) is 2.19. The van der Waals surface area contributed by atoms with E-state index in [1.807, 2.05) is 37.2 Å². The van der Waals surface area contributed by atoms with Crippen molar-refractivity contribution >= 4 is 17.4 Å². The van der Waals surface area contributed by atoms with Crippen LogP contribution in [0.25, 0.3) is 0 Å². The minimum absolute atomic E-state index is 0.0455. The molecule has 0 aliphatic rings. The third kappa shape index (κ3) is 3.64. The Morgan fingerprint density at radius 3 is 2.50 bits per heavy atom. The number of anilines is 2. The van der Waals surface area contributed by atoms with Crippen molar-refractivity contribution in [3.63, 3.8) is 0 Å². The molecular formula is C18H23N3O. The third-order valence-corrected chi connectivity index (χ3v) is 3.44. The summed E-state index contributed by atoms with van der Waals surface area (Å²) in [5, 5.41) is 2.96. The van der Waals surface area contributed by atoms with Gasteiger partial charge in [0.05, 0.1) is 5.56 Å². The SMILES string of the molecule is CN(C)c1ncccc1C(=O)Nc1cccc(C(C)(C)C)c1. The first-order valence-electron chi connectivity index (χ1n) is 7.33. The number of carbonyl (C=O) groups excluding carboxylic acids is 1. The van der Waals surface area contributed by atoms with Crippen LogP contribution in [0, 0.1) is 0 Å². The van der Waals surface area contributed by atoms with Gasteiger partial charge < -0.3 is 10.2 Å². The average Bonchev–Trinajstić information content (AvgIpc) is 2.46. The molecule has 0 saturated carbocycles. The van der Waals surface area contributed by atoms with E-state index < -0.39 is 0 Å². The van der Waals surface area contributed by atoms with Crippen molar-refractivity contribution in [2.75, 3.05) is 24.3 Å². The highest BCUT2D eigenvalue weighted by atomic mass is 16.1. The molecule has 0 atom stereocenters. The van der Waals surface area contributed by atoms with Crippen molar-refractivity contribution in [1.29, 1.82) is 0 Å². The van der Waals surface area contributed by atoms with Crippen molar-refractivity contribution in [2.24, 2.45) is 0 Å². The van der Waals surface area contributed by atoms with Gasteiger partial charge in [0.1, 0.15) is 5.82 Å². The zero-order chi connectivity index (χ0) is 16.3. The van der Waals surface area contributed by atoms with Gasteiger partial charge in [-0.3, -0.25) is 4.79 Å². The Hall–Kier alpha value is -2.36. The maximum absolute atomic E-state index is 12.5. The number of nitrogens with zero attached hydrogens (tertiary/aromatic N) is 2. The summed E-state index contributed by atoms with van der Waals surface area (Å²) in [7, 11) is 3.75. The fraction of sp³-hybridized carbons (Fsp3) is 0.333. The lowest BCUT2D eigenvalue weighted by molar-refractivity contribution is 0.102. The molecule has 1 amide bonds. The van der Waals surface area contributed by atoms with Crippen LogP contribution in [0.15, 0.2) is 42.6 Å².